The molecule has 2 aromatic carbocycles. The molecule has 0 saturated heterocycles. The van der Waals surface area contributed by atoms with Gasteiger partial charge in [0.05, 0.1) is 5.56 Å². The molecule has 0 aliphatic carbocycles. The van der Waals surface area contributed by atoms with Crippen LogP contribution in [0, 0.1) is 5.82 Å². The molecule has 0 spiro atoms. The topological polar surface area (TPSA) is 85.6 Å². The molecule has 0 aliphatic rings. The average molecular weight is 381 g/mol. The lowest BCUT2D eigenvalue weighted by Crippen LogP contribution is -2.18. The minimum absolute atomic E-state index is 0.122. The zero-order valence-corrected chi connectivity index (χ0v) is 14.3. The van der Waals surface area contributed by atoms with E-state index in [2.05, 4.69) is 9.50 Å². The van der Waals surface area contributed by atoms with Gasteiger partial charge in [0.1, 0.15) is 22.9 Å². The number of halogens is 2. The van der Waals surface area contributed by atoms with Crippen LogP contribution in [0.2, 0.25) is 0 Å². The van der Waals surface area contributed by atoms with E-state index in [0.29, 0.717) is 5.56 Å². The number of nitrogens with one attached hydrogen (secondary N) is 1. The summed E-state index contributed by atoms with van der Waals surface area (Å²) in [5.41, 5.74) is 0.866. The van der Waals surface area contributed by atoms with Crippen molar-refractivity contribution in [2.24, 2.45) is 0 Å². The second-order valence-corrected chi connectivity index (χ2v) is 6.80. The van der Waals surface area contributed by atoms with Crippen molar-refractivity contribution in [2.45, 2.75) is 0 Å². The molecule has 0 fully saturated rings. The van der Waals surface area contributed by atoms with E-state index in [9.17, 15) is 22.0 Å². The molecule has 6 nitrogen and oxygen atoms in total. The van der Waals surface area contributed by atoms with Crippen molar-refractivity contribution in [3.63, 3.8) is 0 Å². The second-order valence-electron chi connectivity index (χ2n) is 5.30. The highest BCUT2D eigenvalue weighted by molar-refractivity contribution is 7.86. The number of rotatable bonds is 5. The van der Waals surface area contributed by atoms with Crippen LogP contribution in [-0.4, -0.2) is 27.4 Å². The number of carbonyl (C=O) groups is 1. The summed E-state index contributed by atoms with van der Waals surface area (Å²) in [7, 11) is -2.95. The third kappa shape index (κ3) is 3.38. The zero-order valence-electron chi connectivity index (χ0n) is 13.5. The highest BCUT2D eigenvalue weighted by Gasteiger charge is 2.23. The Hall–Kier alpha value is -2.94. The Morgan fingerprint density at radius 1 is 1.19 bits per heavy atom. The fourth-order valence-corrected chi connectivity index (χ4v) is 2.89. The molecular formula is C17H13F2NO5S. The highest BCUT2D eigenvalue weighted by Crippen LogP contribution is 2.35. The highest BCUT2D eigenvalue weighted by atomic mass is 32.2. The fourth-order valence-electron chi connectivity index (χ4n) is 2.45. The van der Waals surface area contributed by atoms with E-state index < -0.39 is 27.8 Å². The Balaban J connectivity index is 2.20. The quantitative estimate of drug-likeness (QED) is 0.686. The Labute approximate surface area is 147 Å². The smallest absolute Gasteiger partial charge is 0.339 e. The third-order valence-corrected chi connectivity index (χ3v) is 4.29. The van der Waals surface area contributed by atoms with E-state index in [4.69, 9.17) is 4.42 Å². The molecule has 1 aromatic heterocycles. The molecule has 0 saturated carbocycles. The number of fused-ring (bicyclic) bond motifs is 1. The SMILES string of the molecule is CNC(=O)c1c(-c2ccc(F)cc2)oc2ccc(OS(=O)(=O)CF)cc12. The van der Waals surface area contributed by atoms with Crippen molar-refractivity contribution in [3.05, 3.63) is 53.8 Å². The number of carbonyl (C=O) groups excluding carboxylic acids is 1. The van der Waals surface area contributed by atoms with Gasteiger partial charge in [-0.2, -0.15) is 8.42 Å². The van der Waals surface area contributed by atoms with Gasteiger partial charge < -0.3 is 13.9 Å². The van der Waals surface area contributed by atoms with Gasteiger partial charge in [0.2, 0.25) is 6.01 Å². The van der Waals surface area contributed by atoms with Gasteiger partial charge >= 0.3 is 10.1 Å². The van der Waals surface area contributed by atoms with Crippen LogP contribution in [0.1, 0.15) is 10.4 Å². The standard InChI is InChI=1S/C17H13F2NO5S/c1-20-17(21)15-13-8-12(25-26(22,23)9-18)6-7-14(13)24-16(15)10-2-4-11(19)5-3-10/h2-8H,9H2,1H3,(H,20,21). The van der Waals surface area contributed by atoms with Crippen LogP contribution in [-0.2, 0) is 10.1 Å². The lowest BCUT2D eigenvalue weighted by Gasteiger charge is -2.04. The van der Waals surface area contributed by atoms with E-state index in [-0.39, 0.29) is 28.0 Å². The molecule has 1 heterocycles. The van der Waals surface area contributed by atoms with Gasteiger partial charge in [0, 0.05) is 18.0 Å². The minimum Gasteiger partial charge on any atom is -0.455 e. The van der Waals surface area contributed by atoms with Gasteiger partial charge in [-0.25, -0.2) is 8.78 Å². The third-order valence-electron chi connectivity index (χ3n) is 3.58. The van der Waals surface area contributed by atoms with Crippen LogP contribution in [0.5, 0.6) is 5.75 Å². The number of alkyl halides is 1. The number of furan rings is 1. The maximum Gasteiger partial charge on any atom is 0.339 e. The number of amides is 1. The summed E-state index contributed by atoms with van der Waals surface area (Å²) in [5.74, 6) is -0.913. The molecule has 0 aliphatic heterocycles. The van der Waals surface area contributed by atoms with Crippen LogP contribution < -0.4 is 9.50 Å². The Morgan fingerprint density at radius 2 is 1.88 bits per heavy atom. The maximum absolute atomic E-state index is 13.2. The summed E-state index contributed by atoms with van der Waals surface area (Å²) < 4.78 is 58.6. The van der Waals surface area contributed by atoms with Gasteiger partial charge in [-0.05, 0) is 42.5 Å². The molecule has 9 heteroatoms. The molecule has 0 bridgehead atoms. The van der Waals surface area contributed by atoms with Gasteiger partial charge in [-0.15, -0.1) is 0 Å². The molecule has 0 atom stereocenters. The molecule has 136 valence electrons. The zero-order chi connectivity index (χ0) is 18.9. The first kappa shape index (κ1) is 17.9. The van der Waals surface area contributed by atoms with Crippen LogP contribution in [0.4, 0.5) is 8.78 Å². The van der Waals surface area contributed by atoms with E-state index in [1.165, 1.54) is 49.5 Å². The van der Waals surface area contributed by atoms with Gasteiger partial charge in [-0.3, -0.25) is 4.79 Å². The van der Waals surface area contributed by atoms with E-state index in [1.54, 1.807) is 0 Å². The molecule has 3 rings (SSSR count). The van der Waals surface area contributed by atoms with Crippen molar-refractivity contribution in [2.75, 3.05) is 13.1 Å². The summed E-state index contributed by atoms with van der Waals surface area (Å²) in [5, 5.41) is 2.74. The van der Waals surface area contributed by atoms with E-state index in [0.717, 1.165) is 0 Å². The maximum atomic E-state index is 13.2. The van der Waals surface area contributed by atoms with Gasteiger partial charge in [0.15, 0.2) is 0 Å². The summed E-state index contributed by atoms with van der Waals surface area (Å²) in [6.07, 6.45) is 0. The number of hydrogen-bond donors (Lipinski definition) is 1. The number of benzene rings is 2. The average Bonchev–Trinajstić information content (AvgIpc) is 3.00. The van der Waals surface area contributed by atoms with Crippen molar-refractivity contribution in [1.29, 1.82) is 0 Å². The van der Waals surface area contributed by atoms with Gasteiger partial charge in [0.25, 0.3) is 5.91 Å². The molecule has 3 aromatic rings. The van der Waals surface area contributed by atoms with Crippen LogP contribution >= 0.6 is 0 Å². The van der Waals surface area contributed by atoms with Crippen molar-refractivity contribution < 1.29 is 30.6 Å². The number of hydrogen-bond acceptors (Lipinski definition) is 5. The normalized spacial score (nSPS) is 11.5. The lowest BCUT2D eigenvalue weighted by atomic mass is 10.0. The molecular weight excluding hydrogens is 368 g/mol. The predicted molar refractivity (Wildman–Crippen MR) is 90.5 cm³/mol. The molecule has 0 unspecified atom stereocenters. The molecule has 0 radical (unpaired) electrons. The molecule has 1 amide bonds. The summed E-state index contributed by atoms with van der Waals surface area (Å²) in [6.45, 7) is 0. The molecule has 26 heavy (non-hydrogen) atoms. The molecule has 1 N–H and O–H groups in total. The van der Waals surface area contributed by atoms with Crippen LogP contribution in [0.3, 0.4) is 0 Å². The van der Waals surface area contributed by atoms with E-state index in [1.807, 2.05) is 0 Å². The minimum atomic E-state index is -4.37. The lowest BCUT2D eigenvalue weighted by molar-refractivity contribution is 0.0964. The summed E-state index contributed by atoms with van der Waals surface area (Å²) in [6, 6.07) is 7.61. The largest absolute Gasteiger partial charge is 0.455 e. The van der Waals surface area contributed by atoms with Gasteiger partial charge in [-0.1, -0.05) is 0 Å². The summed E-state index contributed by atoms with van der Waals surface area (Å²) in [4.78, 5) is 12.3. The second kappa shape index (κ2) is 6.75. The van der Waals surface area contributed by atoms with Crippen molar-refractivity contribution >= 4 is 27.0 Å². The van der Waals surface area contributed by atoms with E-state index >= 15 is 0 Å². The Kier molecular flexibility index (Phi) is 4.64. The van der Waals surface area contributed by atoms with Crippen molar-refractivity contribution in [1.82, 2.24) is 5.32 Å². The predicted octanol–water partition coefficient (Wildman–Crippen LogP) is 3.23. The Bertz CT molecular complexity index is 1070. The fraction of sp³-hybridized carbons (Fsp3) is 0.118. The first-order valence-electron chi connectivity index (χ1n) is 7.37. The monoisotopic (exact) mass is 381 g/mol. The van der Waals surface area contributed by atoms with Crippen LogP contribution in [0.15, 0.2) is 46.9 Å². The van der Waals surface area contributed by atoms with Crippen LogP contribution in [0.25, 0.3) is 22.3 Å². The first-order chi connectivity index (χ1) is 12.3. The van der Waals surface area contributed by atoms with Crippen molar-refractivity contribution in [3.8, 4) is 17.1 Å². The summed E-state index contributed by atoms with van der Waals surface area (Å²) >= 11 is 0. The first-order valence-corrected chi connectivity index (χ1v) is 8.95. The Morgan fingerprint density at radius 3 is 2.50 bits per heavy atom.